The van der Waals surface area contributed by atoms with Crippen LogP contribution in [0.2, 0.25) is 0 Å². The van der Waals surface area contributed by atoms with E-state index >= 15 is 0 Å². The van der Waals surface area contributed by atoms with E-state index in [1.54, 1.807) is 11.3 Å². The first-order valence-electron chi connectivity index (χ1n) is 7.11. The lowest BCUT2D eigenvalue weighted by atomic mass is 10.2. The third kappa shape index (κ3) is 4.01. The van der Waals surface area contributed by atoms with Crippen molar-refractivity contribution in [2.24, 2.45) is 0 Å². The van der Waals surface area contributed by atoms with E-state index in [1.165, 1.54) is 25.1 Å². The number of rotatable bonds is 5. The zero-order valence-electron chi connectivity index (χ0n) is 12.2. The third-order valence-corrected chi connectivity index (χ3v) is 4.65. The van der Waals surface area contributed by atoms with Gasteiger partial charge in [0.15, 0.2) is 0 Å². The minimum Gasteiger partial charge on any atom is -0.318 e. The molecule has 1 aliphatic rings. The van der Waals surface area contributed by atoms with Gasteiger partial charge in [0.25, 0.3) is 0 Å². The van der Waals surface area contributed by atoms with Crippen molar-refractivity contribution in [2.45, 2.75) is 25.4 Å². The number of hydrogen-bond donors (Lipinski definition) is 1. The predicted octanol–water partition coefficient (Wildman–Crippen LogP) is 2.81. The van der Waals surface area contributed by atoms with E-state index in [4.69, 9.17) is 4.98 Å². The van der Waals surface area contributed by atoms with Crippen LogP contribution in [0.25, 0.3) is 10.7 Å². The molecule has 0 aromatic carbocycles. The van der Waals surface area contributed by atoms with Gasteiger partial charge in [-0.25, -0.2) is 4.98 Å². The molecule has 1 aliphatic heterocycles. The number of nitrogens with zero attached hydrogens (tertiary/aromatic N) is 3. The minimum absolute atomic E-state index is 0. The highest BCUT2D eigenvalue weighted by Crippen LogP contribution is 2.24. The molecule has 0 radical (unpaired) electrons. The third-order valence-electron chi connectivity index (χ3n) is 3.74. The van der Waals surface area contributed by atoms with Crippen molar-refractivity contribution in [1.82, 2.24) is 20.2 Å². The van der Waals surface area contributed by atoms with Gasteiger partial charge in [-0.3, -0.25) is 9.88 Å². The van der Waals surface area contributed by atoms with Crippen LogP contribution in [-0.4, -0.2) is 41.0 Å². The van der Waals surface area contributed by atoms with Gasteiger partial charge in [0.2, 0.25) is 0 Å². The Morgan fingerprint density at radius 3 is 3.10 bits per heavy atom. The summed E-state index contributed by atoms with van der Waals surface area (Å²) in [4.78, 5) is 11.6. The highest BCUT2D eigenvalue weighted by molar-refractivity contribution is 7.13. The Labute approximate surface area is 136 Å². The van der Waals surface area contributed by atoms with E-state index in [1.807, 2.05) is 31.4 Å². The number of likely N-dealkylation sites (N-methyl/N-ethyl adjacent to an activating group) is 1. The zero-order chi connectivity index (χ0) is 13.8. The van der Waals surface area contributed by atoms with Crippen LogP contribution in [-0.2, 0) is 6.54 Å². The van der Waals surface area contributed by atoms with Crippen LogP contribution in [0.4, 0.5) is 0 Å². The number of nitrogens with one attached hydrogen (secondary N) is 1. The lowest BCUT2D eigenvalue weighted by molar-refractivity contribution is 0.240. The monoisotopic (exact) mass is 324 g/mol. The predicted molar refractivity (Wildman–Crippen MR) is 90.0 cm³/mol. The van der Waals surface area contributed by atoms with Gasteiger partial charge in [0, 0.05) is 30.7 Å². The molecule has 1 fully saturated rings. The van der Waals surface area contributed by atoms with Crippen LogP contribution in [0.15, 0.2) is 29.8 Å². The van der Waals surface area contributed by atoms with Gasteiger partial charge >= 0.3 is 0 Å². The van der Waals surface area contributed by atoms with E-state index in [9.17, 15) is 0 Å². The summed E-state index contributed by atoms with van der Waals surface area (Å²) in [6, 6.07) is 6.61. The van der Waals surface area contributed by atoms with Gasteiger partial charge in [-0.15, -0.1) is 23.7 Å². The molecule has 3 heterocycles. The molecule has 1 atom stereocenters. The van der Waals surface area contributed by atoms with Crippen LogP contribution in [0.3, 0.4) is 0 Å². The fourth-order valence-corrected chi connectivity index (χ4v) is 3.55. The molecule has 0 bridgehead atoms. The van der Waals surface area contributed by atoms with Crippen molar-refractivity contribution >= 4 is 23.7 Å². The Hall–Kier alpha value is -1.01. The quantitative estimate of drug-likeness (QED) is 0.918. The molecule has 0 amide bonds. The van der Waals surface area contributed by atoms with Gasteiger partial charge in [-0.2, -0.15) is 0 Å². The zero-order valence-corrected chi connectivity index (χ0v) is 13.8. The van der Waals surface area contributed by atoms with Gasteiger partial charge in [-0.1, -0.05) is 6.07 Å². The Morgan fingerprint density at radius 1 is 1.43 bits per heavy atom. The number of hydrogen-bond acceptors (Lipinski definition) is 5. The number of aromatic nitrogens is 2. The topological polar surface area (TPSA) is 41.0 Å². The second-order valence-corrected chi connectivity index (χ2v) is 6.04. The maximum Gasteiger partial charge on any atom is 0.142 e. The van der Waals surface area contributed by atoms with Crippen molar-refractivity contribution in [3.8, 4) is 10.7 Å². The van der Waals surface area contributed by atoms with Crippen molar-refractivity contribution in [2.75, 3.05) is 20.1 Å². The summed E-state index contributed by atoms with van der Waals surface area (Å²) in [7, 11) is 2.03. The standard InChI is InChI=1S/C15H20N4S.ClH/c1-16-9-13-5-4-8-19(13)10-12-11-20-15(18-12)14-6-2-3-7-17-14;/h2-3,6-7,11,13,16H,4-5,8-10H2,1H3;1H. The molecular weight excluding hydrogens is 304 g/mol. The molecule has 1 saturated heterocycles. The van der Waals surface area contributed by atoms with E-state index < -0.39 is 0 Å². The number of thiazole rings is 1. The van der Waals surface area contributed by atoms with Crippen LogP contribution >= 0.6 is 23.7 Å². The molecule has 1 N–H and O–H groups in total. The Kier molecular flexibility index (Phi) is 6.11. The maximum atomic E-state index is 4.73. The highest BCUT2D eigenvalue weighted by atomic mass is 35.5. The fraction of sp³-hybridized carbons (Fsp3) is 0.467. The second-order valence-electron chi connectivity index (χ2n) is 5.18. The van der Waals surface area contributed by atoms with E-state index in [-0.39, 0.29) is 12.4 Å². The first-order valence-corrected chi connectivity index (χ1v) is 7.99. The molecule has 0 saturated carbocycles. The second kappa shape index (κ2) is 7.84. The molecule has 0 aliphatic carbocycles. The molecule has 0 spiro atoms. The van der Waals surface area contributed by atoms with Crippen molar-refractivity contribution in [1.29, 1.82) is 0 Å². The minimum atomic E-state index is 0. The van der Waals surface area contributed by atoms with Crippen LogP contribution in [0.1, 0.15) is 18.5 Å². The normalized spacial score (nSPS) is 18.6. The average molecular weight is 325 g/mol. The van der Waals surface area contributed by atoms with Gasteiger partial charge in [0.1, 0.15) is 5.01 Å². The van der Waals surface area contributed by atoms with Crippen LogP contribution in [0, 0.1) is 0 Å². The maximum absolute atomic E-state index is 4.73. The number of halogens is 1. The first kappa shape index (κ1) is 16.4. The molecule has 3 rings (SSSR count). The van der Waals surface area contributed by atoms with Crippen molar-refractivity contribution in [3.63, 3.8) is 0 Å². The molecule has 21 heavy (non-hydrogen) atoms. The summed E-state index contributed by atoms with van der Waals surface area (Å²) >= 11 is 1.68. The summed E-state index contributed by atoms with van der Waals surface area (Å²) in [6.45, 7) is 3.20. The molecule has 1 unspecified atom stereocenters. The molecule has 2 aromatic heterocycles. The Bertz CT molecular complexity index is 546. The van der Waals surface area contributed by atoms with Crippen LogP contribution in [0.5, 0.6) is 0 Å². The average Bonchev–Trinajstić information content (AvgIpc) is 3.11. The van der Waals surface area contributed by atoms with Gasteiger partial charge in [0.05, 0.1) is 11.4 Å². The summed E-state index contributed by atoms with van der Waals surface area (Å²) < 4.78 is 0. The molecule has 114 valence electrons. The lowest BCUT2D eigenvalue weighted by Crippen LogP contribution is -2.36. The largest absolute Gasteiger partial charge is 0.318 e. The molecule has 4 nitrogen and oxygen atoms in total. The summed E-state index contributed by atoms with van der Waals surface area (Å²) in [5.41, 5.74) is 2.13. The molecular formula is C15H21ClN4S. The SMILES string of the molecule is CNCC1CCCN1Cc1csc(-c2ccccn2)n1.Cl. The van der Waals surface area contributed by atoms with E-state index in [2.05, 4.69) is 20.6 Å². The number of pyridine rings is 1. The van der Waals surface area contributed by atoms with Gasteiger partial charge in [-0.05, 0) is 38.6 Å². The molecule has 6 heteroatoms. The first-order chi connectivity index (χ1) is 9.86. The highest BCUT2D eigenvalue weighted by Gasteiger charge is 2.24. The lowest BCUT2D eigenvalue weighted by Gasteiger charge is -2.23. The molecule has 2 aromatic rings. The van der Waals surface area contributed by atoms with Crippen molar-refractivity contribution in [3.05, 3.63) is 35.5 Å². The summed E-state index contributed by atoms with van der Waals surface area (Å²) in [5, 5.41) is 6.47. The Morgan fingerprint density at radius 2 is 2.33 bits per heavy atom. The number of likely N-dealkylation sites (tertiary alicyclic amines) is 1. The van der Waals surface area contributed by atoms with E-state index in [0.717, 1.165) is 23.8 Å². The smallest absolute Gasteiger partial charge is 0.142 e. The Balaban J connectivity index is 0.00000161. The van der Waals surface area contributed by atoms with Gasteiger partial charge < -0.3 is 5.32 Å². The van der Waals surface area contributed by atoms with Crippen LogP contribution < -0.4 is 5.32 Å². The summed E-state index contributed by atoms with van der Waals surface area (Å²) in [6.07, 6.45) is 4.40. The van der Waals surface area contributed by atoms with Crippen molar-refractivity contribution < 1.29 is 0 Å². The summed E-state index contributed by atoms with van der Waals surface area (Å²) in [5.74, 6) is 0. The fourth-order valence-electron chi connectivity index (χ4n) is 2.76. The van der Waals surface area contributed by atoms with E-state index in [0.29, 0.717) is 6.04 Å².